The third-order valence-electron chi connectivity index (χ3n) is 4.60. The number of benzene rings is 1. The summed E-state index contributed by atoms with van der Waals surface area (Å²) in [4.78, 5) is 30.4. The molecule has 0 fully saturated rings. The molecule has 1 aromatic carbocycles. The van der Waals surface area contributed by atoms with Crippen molar-refractivity contribution in [1.29, 1.82) is 0 Å². The molecular formula is C23H28FN3O4S2. The molecule has 0 saturated carbocycles. The fourth-order valence-corrected chi connectivity index (χ4v) is 4.61. The van der Waals surface area contributed by atoms with Crippen LogP contribution >= 0.6 is 11.3 Å². The molecule has 0 saturated heterocycles. The lowest BCUT2D eigenvalue weighted by molar-refractivity contribution is 0.0544. The highest BCUT2D eigenvalue weighted by molar-refractivity contribution is 7.90. The van der Waals surface area contributed by atoms with Gasteiger partial charge in [-0.05, 0) is 66.7 Å². The fourth-order valence-electron chi connectivity index (χ4n) is 2.95. The van der Waals surface area contributed by atoms with E-state index in [1.54, 1.807) is 26.2 Å². The SMILES string of the molecule is CC(N[S+]([O-])C(C)(C)C)c1csc(C(=O)c2cn(C(=O)OC(C)(C)C)c3cc(F)ccc23)n1. The van der Waals surface area contributed by atoms with E-state index < -0.39 is 39.4 Å². The molecule has 2 atom stereocenters. The van der Waals surface area contributed by atoms with Crippen LogP contribution in [0.5, 0.6) is 0 Å². The summed E-state index contributed by atoms with van der Waals surface area (Å²) in [5, 5.41) is 2.37. The molecule has 0 radical (unpaired) electrons. The summed E-state index contributed by atoms with van der Waals surface area (Å²) in [5.41, 5.74) is 0.282. The number of rotatable bonds is 5. The molecule has 178 valence electrons. The quantitative estimate of drug-likeness (QED) is 0.379. The lowest BCUT2D eigenvalue weighted by atomic mass is 10.1. The van der Waals surface area contributed by atoms with Crippen molar-refractivity contribution in [1.82, 2.24) is 14.3 Å². The second kappa shape index (κ2) is 9.17. The van der Waals surface area contributed by atoms with Crippen molar-refractivity contribution < 1.29 is 23.3 Å². The molecule has 3 rings (SSSR count). The van der Waals surface area contributed by atoms with Gasteiger partial charge in [0.15, 0.2) is 5.01 Å². The van der Waals surface area contributed by atoms with Gasteiger partial charge in [0.05, 0.1) is 22.8 Å². The van der Waals surface area contributed by atoms with Gasteiger partial charge in [0, 0.05) is 28.3 Å². The Hall–Kier alpha value is -2.27. The van der Waals surface area contributed by atoms with Gasteiger partial charge in [-0.25, -0.2) is 14.2 Å². The molecule has 7 nitrogen and oxygen atoms in total. The summed E-state index contributed by atoms with van der Waals surface area (Å²) in [6.45, 7) is 12.6. The number of thiazole rings is 1. The topological polar surface area (TPSA) is 96.3 Å². The highest BCUT2D eigenvalue weighted by atomic mass is 32.2. The van der Waals surface area contributed by atoms with E-state index in [4.69, 9.17) is 4.74 Å². The van der Waals surface area contributed by atoms with Gasteiger partial charge in [-0.2, -0.15) is 0 Å². The Morgan fingerprint density at radius 1 is 1.24 bits per heavy atom. The number of aromatic nitrogens is 2. The van der Waals surface area contributed by atoms with E-state index in [2.05, 4.69) is 9.71 Å². The fraction of sp³-hybridized carbons (Fsp3) is 0.435. The molecule has 0 aliphatic heterocycles. The van der Waals surface area contributed by atoms with Crippen molar-refractivity contribution >= 4 is 45.5 Å². The van der Waals surface area contributed by atoms with Gasteiger partial charge in [-0.15, -0.1) is 16.1 Å². The van der Waals surface area contributed by atoms with Gasteiger partial charge in [0.2, 0.25) is 5.78 Å². The zero-order valence-electron chi connectivity index (χ0n) is 19.7. The first-order valence-electron chi connectivity index (χ1n) is 10.4. The Kier molecular flexibility index (Phi) is 7.05. The van der Waals surface area contributed by atoms with Gasteiger partial charge in [0.25, 0.3) is 0 Å². The van der Waals surface area contributed by atoms with E-state index in [0.717, 1.165) is 15.9 Å². The number of carbonyl (C=O) groups excluding carboxylic acids is 2. The smallest absolute Gasteiger partial charge is 0.419 e. The zero-order chi connectivity index (χ0) is 24.7. The molecule has 2 unspecified atom stereocenters. The summed E-state index contributed by atoms with van der Waals surface area (Å²) >= 11 is -0.142. The first kappa shape index (κ1) is 25.4. The molecule has 1 N–H and O–H groups in total. The Morgan fingerprint density at radius 2 is 1.91 bits per heavy atom. The molecule has 0 amide bonds. The van der Waals surface area contributed by atoms with Gasteiger partial charge in [-0.1, -0.05) is 0 Å². The highest BCUT2D eigenvalue weighted by Crippen LogP contribution is 2.28. The second-order valence-electron chi connectivity index (χ2n) is 9.68. The Bertz CT molecular complexity index is 1190. The number of hydrogen-bond donors (Lipinski definition) is 1. The maximum absolute atomic E-state index is 13.9. The first-order chi connectivity index (χ1) is 15.2. The summed E-state index contributed by atoms with van der Waals surface area (Å²) < 4.78 is 35.4. The van der Waals surface area contributed by atoms with Crippen LogP contribution in [-0.4, -0.2) is 36.3 Å². The zero-order valence-corrected chi connectivity index (χ0v) is 21.3. The number of halogens is 1. The summed E-state index contributed by atoms with van der Waals surface area (Å²) in [6.07, 6.45) is 0.650. The van der Waals surface area contributed by atoms with Crippen LogP contribution in [-0.2, 0) is 16.1 Å². The molecule has 0 aliphatic rings. The number of hydrogen-bond acceptors (Lipinski definition) is 7. The van der Waals surface area contributed by atoms with Crippen LogP contribution in [0.1, 0.15) is 75.6 Å². The predicted octanol–water partition coefficient (Wildman–Crippen LogP) is 5.36. The van der Waals surface area contributed by atoms with Crippen molar-refractivity contribution in [3.8, 4) is 0 Å². The van der Waals surface area contributed by atoms with E-state index in [0.29, 0.717) is 11.1 Å². The van der Waals surface area contributed by atoms with E-state index in [1.165, 1.54) is 24.4 Å². The minimum Gasteiger partial charge on any atom is -0.598 e. The molecule has 10 heteroatoms. The van der Waals surface area contributed by atoms with Crippen molar-refractivity contribution in [2.45, 2.75) is 64.9 Å². The third-order valence-corrected chi connectivity index (χ3v) is 7.14. The van der Waals surface area contributed by atoms with Crippen molar-refractivity contribution in [2.75, 3.05) is 0 Å². The number of nitrogens with one attached hydrogen (secondary N) is 1. The number of ketones is 1. The maximum Gasteiger partial charge on any atom is 0.419 e. The largest absolute Gasteiger partial charge is 0.598 e. The van der Waals surface area contributed by atoms with Crippen molar-refractivity contribution in [3.63, 3.8) is 0 Å². The molecule has 3 aromatic rings. The van der Waals surface area contributed by atoms with Crippen LogP contribution in [0.2, 0.25) is 0 Å². The number of nitrogens with zero attached hydrogens (tertiary/aromatic N) is 2. The predicted molar refractivity (Wildman–Crippen MR) is 129 cm³/mol. The lowest BCUT2D eigenvalue weighted by Crippen LogP contribution is -2.40. The van der Waals surface area contributed by atoms with E-state index in [9.17, 15) is 18.5 Å². The van der Waals surface area contributed by atoms with Crippen LogP contribution < -0.4 is 4.72 Å². The second-order valence-corrected chi connectivity index (χ2v) is 12.5. The summed E-state index contributed by atoms with van der Waals surface area (Å²) in [5.74, 6) is -0.929. The van der Waals surface area contributed by atoms with Crippen LogP contribution in [0.4, 0.5) is 9.18 Å². The molecule has 0 spiro atoms. The number of ether oxygens (including phenoxy) is 1. The molecular weight excluding hydrogens is 465 g/mol. The van der Waals surface area contributed by atoms with E-state index >= 15 is 0 Å². The number of fused-ring (bicyclic) bond motifs is 1. The standard InChI is InChI=1S/C23H28FN3O4S2/c1-13(26-33(30)23(5,6)7)17-12-32-20(25-17)19(28)16-11-27(21(29)31-22(2,3)4)18-10-14(24)8-9-15(16)18/h8-13,26H,1-7H3. The molecule has 0 aliphatic carbocycles. The summed E-state index contributed by atoms with van der Waals surface area (Å²) in [7, 11) is 0. The highest BCUT2D eigenvalue weighted by Gasteiger charge is 2.30. The van der Waals surface area contributed by atoms with Crippen LogP contribution in [0, 0.1) is 5.82 Å². The third kappa shape index (κ3) is 5.81. The minimum atomic E-state index is -1.30. The molecule has 33 heavy (non-hydrogen) atoms. The summed E-state index contributed by atoms with van der Waals surface area (Å²) in [6, 6.07) is 3.56. The van der Waals surface area contributed by atoms with E-state index in [-0.39, 0.29) is 22.1 Å². The Labute approximate surface area is 199 Å². The average Bonchev–Trinajstić information content (AvgIpc) is 3.30. The van der Waals surface area contributed by atoms with Crippen LogP contribution in [0.25, 0.3) is 10.9 Å². The molecule has 2 aromatic heterocycles. The van der Waals surface area contributed by atoms with Crippen molar-refractivity contribution in [3.05, 3.63) is 51.9 Å². The Morgan fingerprint density at radius 3 is 2.52 bits per heavy atom. The van der Waals surface area contributed by atoms with Crippen LogP contribution in [0.3, 0.4) is 0 Å². The van der Waals surface area contributed by atoms with Gasteiger partial charge in [0.1, 0.15) is 16.2 Å². The van der Waals surface area contributed by atoms with Crippen LogP contribution in [0.15, 0.2) is 29.8 Å². The molecule has 2 heterocycles. The first-order valence-corrected chi connectivity index (χ1v) is 12.4. The van der Waals surface area contributed by atoms with Gasteiger partial charge >= 0.3 is 6.09 Å². The minimum absolute atomic E-state index is 0.216. The van der Waals surface area contributed by atoms with E-state index in [1.807, 2.05) is 27.7 Å². The normalized spacial score (nSPS) is 14.3. The monoisotopic (exact) mass is 493 g/mol. The maximum atomic E-state index is 13.9. The molecule has 0 bridgehead atoms. The number of carbonyl (C=O) groups is 2. The van der Waals surface area contributed by atoms with Gasteiger partial charge in [-0.3, -0.25) is 9.36 Å². The average molecular weight is 494 g/mol. The van der Waals surface area contributed by atoms with Gasteiger partial charge < -0.3 is 9.29 Å². The lowest BCUT2D eigenvalue weighted by Gasteiger charge is -2.25. The Balaban J connectivity index is 1.94. The van der Waals surface area contributed by atoms with Crippen molar-refractivity contribution in [2.24, 2.45) is 0 Å².